The van der Waals surface area contributed by atoms with E-state index in [9.17, 15) is 18.0 Å². The molecule has 0 aromatic heterocycles. The molecular formula is C22H27Cl2N3O4S. The van der Waals surface area contributed by atoms with Crippen LogP contribution in [0.1, 0.15) is 23.6 Å². The Morgan fingerprint density at radius 1 is 1.06 bits per heavy atom. The van der Waals surface area contributed by atoms with E-state index in [0.717, 1.165) is 21.7 Å². The molecule has 1 unspecified atom stereocenters. The summed E-state index contributed by atoms with van der Waals surface area (Å²) in [7, 11) is -2.32. The lowest BCUT2D eigenvalue weighted by Gasteiger charge is -2.31. The van der Waals surface area contributed by atoms with Gasteiger partial charge in [-0.25, -0.2) is 8.42 Å². The van der Waals surface area contributed by atoms with Gasteiger partial charge in [-0.05, 0) is 56.2 Å². The van der Waals surface area contributed by atoms with E-state index in [-0.39, 0.29) is 6.54 Å². The summed E-state index contributed by atoms with van der Waals surface area (Å²) in [5, 5.41) is 3.20. The Balaban J connectivity index is 2.46. The molecule has 0 heterocycles. The van der Waals surface area contributed by atoms with Gasteiger partial charge >= 0.3 is 0 Å². The first-order valence-corrected chi connectivity index (χ1v) is 12.5. The number of benzene rings is 2. The third-order valence-corrected chi connectivity index (χ3v) is 7.11. The van der Waals surface area contributed by atoms with Crippen LogP contribution in [-0.2, 0) is 26.2 Å². The summed E-state index contributed by atoms with van der Waals surface area (Å²) >= 11 is 12.5. The van der Waals surface area contributed by atoms with E-state index in [1.54, 1.807) is 43.3 Å². The van der Waals surface area contributed by atoms with Crippen LogP contribution in [-0.4, -0.2) is 51.0 Å². The van der Waals surface area contributed by atoms with Crippen molar-refractivity contribution < 1.29 is 18.0 Å². The number of hydrogen-bond acceptors (Lipinski definition) is 4. The summed E-state index contributed by atoms with van der Waals surface area (Å²) in [5.74, 6) is -0.973. The van der Waals surface area contributed by atoms with Crippen LogP contribution < -0.4 is 9.62 Å². The highest BCUT2D eigenvalue weighted by atomic mass is 35.5. The second kappa shape index (κ2) is 10.6. The smallest absolute Gasteiger partial charge is 0.244 e. The van der Waals surface area contributed by atoms with Crippen LogP contribution in [0.15, 0.2) is 36.4 Å². The van der Waals surface area contributed by atoms with E-state index in [0.29, 0.717) is 21.3 Å². The Morgan fingerprint density at radius 2 is 1.66 bits per heavy atom. The SMILES string of the molecule is CNC(=O)C(C)N(Cc1c(Cl)cccc1Cl)C(=O)CN(c1ccc(C)c(C)c1)S(C)(=O)=O. The zero-order valence-corrected chi connectivity index (χ0v) is 21.0. The highest BCUT2D eigenvalue weighted by Crippen LogP contribution is 2.27. The number of hydrogen-bond donors (Lipinski definition) is 1. The quantitative estimate of drug-likeness (QED) is 0.601. The van der Waals surface area contributed by atoms with Crippen molar-refractivity contribution >= 4 is 50.7 Å². The van der Waals surface area contributed by atoms with Gasteiger partial charge in [0.1, 0.15) is 12.6 Å². The predicted molar refractivity (Wildman–Crippen MR) is 129 cm³/mol. The first kappa shape index (κ1) is 26.0. The molecule has 2 aromatic carbocycles. The number of aryl methyl sites for hydroxylation is 2. The Morgan fingerprint density at radius 3 is 2.16 bits per heavy atom. The normalized spacial score (nSPS) is 12.2. The Bertz CT molecular complexity index is 1100. The summed E-state index contributed by atoms with van der Waals surface area (Å²) < 4.78 is 26.1. The minimum Gasteiger partial charge on any atom is -0.357 e. The summed E-state index contributed by atoms with van der Waals surface area (Å²) in [5.41, 5.74) is 2.73. The third kappa shape index (κ3) is 6.15. The van der Waals surface area contributed by atoms with Crippen LogP contribution >= 0.6 is 23.2 Å². The van der Waals surface area contributed by atoms with Gasteiger partial charge in [0.25, 0.3) is 0 Å². The summed E-state index contributed by atoms with van der Waals surface area (Å²) in [6.45, 7) is 4.79. The molecule has 1 N–H and O–H groups in total. The van der Waals surface area contributed by atoms with Crippen molar-refractivity contribution in [2.75, 3.05) is 24.2 Å². The Hall–Kier alpha value is -2.29. The standard InChI is InChI=1S/C22H27Cl2N3O4S/c1-14-9-10-17(11-15(14)2)27(32(5,30)31)13-21(28)26(16(3)22(29)25-4)12-18-19(23)7-6-8-20(18)24/h6-11,16H,12-13H2,1-5H3,(H,25,29). The minimum atomic E-state index is -3.78. The number of amides is 2. The van der Waals surface area contributed by atoms with Gasteiger partial charge in [-0.3, -0.25) is 13.9 Å². The van der Waals surface area contributed by atoms with Crippen LogP contribution in [0.4, 0.5) is 5.69 Å². The van der Waals surface area contributed by atoms with Gasteiger partial charge < -0.3 is 10.2 Å². The van der Waals surface area contributed by atoms with Crippen LogP contribution in [0.3, 0.4) is 0 Å². The largest absolute Gasteiger partial charge is 0.357 e. The fourth-order valence-electron chi connectivity index (χ4n) is 3.14. The number of sulfonamides is 1. The second-order valence-corrected chi connectivity index (χ2v) is 10.3. The topological polar surface area (TPSA) is 86.8 Å². The van der Waals surface area contributed by atoms with Crippen LogP contribution in [0.2, 0.25) is 10.0 Å². The van der Waals surface area contributed by atoms with Crippen molar-refractivity contribution in [1.29, 1.82) is 0 Å². The first-order chi connectivity index (χ1) is 14.9. The van der Waals surface area contributed by atoms with Gasteiger partial charge in [0.05, 0.1) is 11.9 Å². The van der Waals surface area contributed by atoms with Crippen molar-refractivity contribution in [3.05, 3.63) is 63.1 Å². The molecule has 0 aliphatic carbocycles. The van der Waals surface area contributed by atoms with Gasteiger partial charge in [0.2, 0.25) is 21.8 Å². The number of likely N-dealkylation sites (N-methyl/N-ethyl adjacent to an activating group) is 1. The molecule has 2 amide bonds. The first-order valence-electron chi connectivity index (χ1n) is 9.85. The number of carbonyl (C=O) groups excluding carboxylic acids is 2. The van der Waals surface area contributed by atoms with Gasteiger partial charge in [-0.1, -0.05) is 35.3 Å². The molecule has 7 nitrogen and oxygen atoms in total. The van der Waals surface area contributed by atoms with E-state index >= 15 is 0 Å². The molecule has 0 fully saturated rings. The molecular weight excluding hydrogens is 473 g/mol. The molecule has 32 heavy (non-hydrogen) atoms. The van der Waals surface area contributed by atoms with Crippen molar-refractivity contribution in [3.8, 4) is 0 Å². The molecule has 0 radical (unpaired) electrons. The molecule has 0 aliphatic heterocycles. The van der Waals surface area contributed by atoms with Crippen molar-refractivity contribution in [1.82, 2.24) is 10.2 Å². The number of halogens is 2. The van der Waals surface area contributed by atoms with E-state index < -0.39 is 34.4 Å². The van der Waals surface area contributed by atoms with Gasteiger partial charge in [0.15, 0.2) is 0 Å². The van der Waals surface area contributed by atoms with Crippen molar-refractivity contribution in [2.24, 2.45) is 0 Å². The average molecular weight is 500 g/mol. The van der Waals surface area contributed by atoms with Crippen LogP contribution in [0.5, 0.6) is 0 Å². The Labute approximate surface area is 199 Å². The molecule has 1 atom stereocenters. The monoisotopic (exact) mass is 499 g/mol. The number of carbonyl (C=O) groups is 2. The zero-order valence-electron chi connectivity index (χ0n) is 18.6. The van der Waals surface area contributed by atoms with Gasteiger partial charge in [0, 0.05) is 29.2 Å². The summed E-state index contributed by atoms with van der Waals surface area (Å²) in [6.07, 6.45) is 1.03. The number of nitrogens with one attached hydrogen (secondary N) is 1. The molecule has 0 saturated heterocycles. The molecule has 0 bridgehead atoms. The summed E-state index contributed by atoms with van der Waals surface area (Å²) in [6, 6.07) is 9.20. The van der Waals surface area contributed by atoms with E-state index in [2.05, 4.69) is 5.32 Å². The third-order valence-electron chi connectivity index (χ3n) is 5.26. The fraction of sp³-hybridized carbons (Fsp3) is 0.364. The molecule has 2 rings (SSSR count). The molecule has 0 spiro atoms. The number of anilines is 1. The molecule has 0 saturated carbocycles. The molecule has 10 heteroatoms. The maximum atomic E-state index is 13.4. The van der Waals surface area contributed by atoms with Gasteiger partial charge in [-0.2, -0.15) is 0 Å². The van der Waals surface area contributed by atoms with Crippen LogP contribution in [0, 0.1) is 13.8 Å². The zero-order chi connectivity index (χ0) is 24.2. The molecule has 0 aliphatic rings. The Kier molecular flexibility index (Phi) is 8.56. The fourth-order valence-corrected chi connectivity index (χ4v) is 4.50. The van der Waals surface area contributed by atoms with E-state index in [1.165, 1.54) is 11.9 Å². The van der Waals surface area contributed by atoms with Crippen molar-refractivity contribution in [3.63, 3.8) is 0 Å². The maximum Gasteiger partial charge on any atom is 0.244 e. The lowest BCUT2D eigenvalue weighted by atomic mass is 10.1. The van der Waals surface area contributed by atoms with Crippen LogP contribution in [0.25, 0.3) is 0 Å². The molecule has 174 valence electrons. The van der Waals surface area contributed by atoms with Gasteiger partial charge in [-0.15, -0.1) is 0 Å². The number of nitrogens with zero attached hydrogens (tertiary/aromatic N) is 2. The lowest BCUT2D eigenvalue weighted by molar-refractivity contribution is -0.139. The highest BCUT2D eigenvalue weighted by molar-refractivity contribution is 7.92. The highest BCUT2D eigenvalue weighted by Gasteiger charge is 2.30. The minimum absolute atomic E-state index is 0.0591. The number of rotatable bonds is 8. The van der Waals surface area contributed by atoms with E-state index in [4.69, 9.17) is 23.2 Å². The second-order valence-electron chi connectivity index (χ2n) is 7.55. The summed E-state index contributed by atoms with van der Waals surface area (Å²) in [4.78, 5) is 27.0. The maximum absolute atomic E-state index is 13.4. The average Bonchev–Trinajstić information content (AvgIpc) is 2.72. The predicted octanol–water partition coefficient (Wildman–Crippen LogP) is 3.54. The van der Waals surface area contributed by atoms with E-state index in [1.807, 2.05) is 13.8 Å². The lowest BCUT2D eigenvalue weighted by Crippen LogP contribution is -2.50. The van der Waals surface area contributed by atoms with Crippen molar-refractivity contribution in [2.45, 2.75) is 33.4 Å². The molecule has 2 aromatic rings.